The zero-order chi connectivity index (χ0) is 33.7. The molecule has 3 amide bonds. The highest BCUT2D eigenvalue weighted by Crippen LogP contribution is 2.29. The lowest BCUT2D eigenvalue weighted by atomic mass is 9.96. The van der Waals surface area contributed by atoms with Gasteiger partial charge in [-0.3, -0.25) is 29.2 Å². The van der Waals surface area contributed by atoms with E-state index in [9.17, 15) is 19.2 Å². The number of aromatic nitrogens is 1. The summed E-state index contributed by atoms with van der Waals surface area (Å²) < 4.78 is 17.3. The number of pyridine rings is 1. The Hall–Kier alpha value is -4.13. The topological polar surface area (TPSA) is 148 Å². The minimum Gasteiger partial charge on any atom is -0.420 e. The number of hydrogen-bond acceptors (Lipinski definition) is 9. The molecule has 2 saturated heterocycles. The summed E-state index contributed by atoms with van der Waals surface area (Å²) in [5, 5.41) is 9.05. The number of amides is 3. The van der Waals surface area contributed by atoms with E-state index in [1.165, 1.54) is 5.01 Å². The van der Waals surface area contributed by atoms with Gasteiger partial charge in [0.15, 0.2) is 11.5 Å². The summed E-state index contributed by atoms with van der Waals surface area (Å²) in [6, 6.07) is 6.07. The third kappa shape index (κ3) is 8.43. The van der Waals surface area contributed by atoms with Gasteiger partial charge < -0.3 is 24.8 Å². The van der Waals surface area contributed by atoms with E-state index in [-0.39, 0.29) is 17.7 Å². The molecular weight excluding hydrogens is 602 g/mol. The van der Waals surface area contributed by atoms with Crippen LogP contribution in [-0.4, -0.2) is 71.3 Å². The maximum Gasteiger partial charge on any atom is 0.314 e. The smallest absolute Gasteiger partial charge is 0.314 e. The number of esters is 1. The van der Waals surface area contributed by atoms with Crippen molar-refractivity contribution < 1.29 is 33.4 Å². The Labute approximate surface area is 275 Å². The van der Waals surface area contributed by atoms with Gasteiger partial charge in [0.05, 0.1) is 30.9 Å². The average Bonchev–Trinajstić information content (AvgIpc) is 3.49. The Morgan fingerprint density at radius 3 is 2.53 bits per heavy atom. The number of carbonyl (C=O) groups excluding carboxylic acids is 4. The summed E-state index contributed by atoms with van der Waals surface area (Å²) in [5.74, 6) is -3.44. The maximum atomic E-state index is 13.6. The first-order valence-electron chi connectivity index (χ1n) is 16.3. The molecule has 2 fully saturated rings. The van der Waals surface area contributed by atoms with Crippen LogP contribution >= 0.6 is 0 Å². The first-order chi connectivity index (χ1) is 22.4. The Kier molecular flexibility index (Phi) is 10.7. The Bertz CT molecular complexity index is 1580. The fourth-order valence-corrected chi connectivity index (χ4v) is 6.01. The molecule has 12 nitrogen and oxygen atoms in total. The normalized spacial score (nSPS) is 26.7. The molecule has 5 rings (SSSR count). The molecule has 0 spiro atoms. The largest absolute Gasteiger partial charge is 0.420 e. The van der Waals surface area contributed by atoms with E-state index in [0.717, 1.165) is 16.3 Å². The second-order valence-electron chi connectivity index (χ2n) is 12.9. The SMILES string of the molecule is CC(C)=C1OC(=O)[C@H](CCC2(C)OCCO2)C/C=C/c2cc3cc(ccc3cn2)[C@@H](C)NC(=O)[C@@H]2CCCN(N2)C(=O)[C@H](C)NC1=O. The van der Waals surface area contributed by atoms with Gasteiger partial charge in [0.1, 0.15) is 12.1 Å². The Morgan fingerprint density at radius 1 is 1.02 bits per heavy atom. The summed E-state index contributed by atoms with van der Waals surface area (Å²) in [5.41, 5.74) is 5.16. The third-order valence-corrected chi connectivity index (χ3v) is 8.86. The molecule has 3 aliphatic heterocycles. The van der Waals surface area contributed by atoms with Gasteiger partial charge in [-0.2, -0.15) is 0 Å². The monoisotopic (exact) mass is 647 g/mol. The van der Waals surface area contributed by atoms with Crippen molar-refractivity contribution in [3.63, 3.8) is 0 Å². The van der Waals surface area contributed by atoms with E-state index in [4.69, 9.17) is 14.2 Å². The van der Waals surface area contributed by atoms with Crippen LogP contribution in [0.3, 0.4) is 0 Å². The van der Waals surface area contributed by atoms with Crippen LogP contribution in [0, 0.1) is 5.92 Å². The van der Waals surface area contributed by atoms with Gasteiger partial charge in [-0.15, -0.1) is 0 Å². The van der Waals surface area contributed by atoms with Crippen LogP contribution in [0.4, 0.5) is 0 Å². The van der Waals surface area contributed by atoms with Gasteiger partial charge in [-0.25, -0.2) is 5.43 Å². The zero-order valence-electron chi connectivity index (χ0n) is 27.8. The standard InChI is InChI=1S/C35H45N5O7/c1-21(2)30-32(42)38-23(4)33(43)40-15-7-10-29(39-40)31(41)37-22(3)25-11-12-26-20-36-28(19-27(26)18-25)9-6-8-24(34(44)47-30)13-14-35(5)45-16-17-46-35/h6,9,11-12,18-20,22-24,29,39H,7-8,10,13-17H2,1-5H3,(H,37,41)(H,38,42)/b9-6+/t22-,23+,24+,29+/m1/s1. The van der Waals surface area contributed by atoms with E-state index in [1.807, 2.05) is 50.3 Å². The molecule has 1 aromatic heterocycles. The number of carbonyl (C=O) groups is 4. The number of nitrogens with zero attached hydrogens (tertiary/aromatic N) is 2. The second-order valence-corrected chi connectivity index (χ2v) is 12.9. The predicted octanol–water partition coefficient (Wildman–Crippen LogP) is 3.83. The molecule has 5 bridgehead atoms. The molecule has 1 aromatic carbocycles. The van der Waals surface area contributed by atoms with Crippen molar-refractivity contribution in [1.82, 2.24) is 26.1 Å². The number of hydrazine groups is 1. The highest BCUT2D eigenvalue weighted by atomic mass is 16.7. The predicted molar refractivity (Wildman–Crippen MR) is 175 cm³/mol. The zero-order valence-corrected chi connectivity index (χ0v) is 27.8. The van der Waals surface area contributed by atoms with Crippen LogP contribution < -0.4 is 16.1 Å². The van der Waals surface area contributed by atoms with E-state index < -0.39 is 41.6 Å². The summed E-state index contributed by atoms with van der Waals surface area (Å²) in [6.45, 7) is 10.0. The maximum absolute atomic E-state index is 13.6. The minimum absolute atomic E-state index is 0.157. The molecule has 3 N–H and O–H groups in total. The van der Waals surface area contributed by atoms with Crippen LogP contribution in [-0.2, 0) is 33.4 Å². The summed E-state index contributed by atoms with van der Waals surface area (Å²) >= 11 is 0. The van der Waals surface area contributed by atoms with E-state index in [0.29, 0.717) is 63.1 Å². The van der Waals surface area contributed by atoms with Crippen molar-refractivity contribution in [2.24, 2.45) is 5.92 Å². The van der Waals surface area contributed by atoms with Crippen molar-refractivity contribution in [2.75, 3.05) is 19.8 Å². The lowest BCUT2D eigenvalue weighted by Gasteiger charge is -2.35. The number of cyclic esters (lactones) is 1. The number of hydrogen-bond donors (Lipinski definition) is 3. The Balaban J connectivity index is 1.46. The third-order valence-electron chi connectivity index (χ3n) is 8.86. The van der Waals surface area contributed by atoms with Crippen LogP contribution in [0.25, 0.3) is 16.8 Å². The fourth-order valence-electron chi connectivity index (χ4n) is 6.01. The fraction of sp³-hybridized carbons (Fsp3) is 0.514. The first-order valence-corrected chi connectivity index (χ1v) is 16.3. The quantitative estimate of drug-likeness (QED) is 0.334. The van der Waals surface area contributed by atoms with E-state index >= 15 is 0 Å². The lowest BCUT2D eigenvalue weighted by Crippen LogP contribution is -2.60. The number of benzene rings is 1. The van der Waals surface area contributed by atoms with Gasteiger partial charge in [-0.05, 0) is 95.0 Å². The number of fused-ring (bicyclic) bond motifs is 4. The molecule has 2 aromatic rings. The molecule has 3 aliphatic rings. The molecule has 0 radical (unpaired) electrons. The van der Waals surface area contributed by atoms with Crippen LogP contribution in [0.1, 0.15) is 84.0 Å². The van der Waals surface area contributed by atoms with Crippen LogP contribution in [0.5, 0.6) is 0 Å². The van der Waals surface area contributed by atoms with Crippen molar-refractivity contribution in [1.29, 1.82) is 0 Å². The first kappa shape index (κ1) is 34.2. The minimum atomic E-state index is -0.953. The molecule has 0 unspecified atom stereocenters. The van der Waals surface area contributed by atoms with Gasteiger partial charge >= 0.3 is 5.97 Å². The highest BCUT2D eigenvalue weighted by molar-refractivity contribution is 5.97. The molecule has 0 saturated carbocycles. The molecule has 4 heterocycles. The average molecular weight is 648 g/mol. The second kappa shape index (κ2) is 14.7. The van der Waals surface area contributed by atoms with Crippen molar-refractivity contribution in [3.05, 3.63) is 59.1 Å². The van der Waals surface area contributed by atoms with Gasteiger partial charge in [0.2, 0.25) is 5.91 Å². The molecule has 0 aliphatic carbocycles. The molecule has 12 heteroatoms. The lowest BCUT2D eigenvalue weighted by molar-refractivity contribution is -0.156. The Morgan fingerprint density at radius 2 is 1.79 bits per heavy atom. The molecule has 252 valence electrons. The summed E-state index contributed by atoms with van der Waals surface area (Å²) in [7, 11) is 0. The molecule has 47 heavy (non-hydrogen) atoms. The number of rotatable bonds is 3. The van der Waals surface area contributed by atoms with Crippen molar-refractivity contribution in [2.45, 2.75) is 90.6 Å². The number of nitrogens with one attached hydrogen (secondary N) is 3. The highest BCUT2D eigenvalue weighted by Gasteiger charge is 2.35. The van der Waals surface area contributed by atoms with Gasteiger partial charge in [0.25, 0.3) is 11.8 Å². The molecule has 4 atom stereocenters. The number of ether oxygens (including phenoxy) is 3. The van der Waals surface area contributed by atoms with Crippen molar-refractivity contribution in [3.8, 4) is 0 Å². The van der Waals surface area contributed by atoms with Gasteiger partial charge in [-0.1, -0.05) is 18.2 Å². The summed E-state index contributed by atoms with van der Waals surface area (Å²) in [4.78, 5) is 58.2. The number of allylic oxidation sites excluding steroid dienone is 2. The summed E-state index contributed by atoms with van der Waals surface area (Å²) in [6.07, 6.45) is 7.87. The van der Waals surface area contributed by atoms with Gasteiger partial charge in [0, 0.05) is 24.5 Å². The van der Waals surface area contributed by atoms with E-state index in [1.54, 1.807) is 27.0 Å². The van der Waals surface area contributed by atoms with E-state index in [2.05, 4.69) is 21.0 Å². The van der Waals surface area contributed by atoms with Crippen LogP contribution in [0.15, 0.2) is 47.9 Å². The molecular formula is C35H45N5O7. The van der Waals surface area contributed by atoms with Crippen molar-refractivity contribution >= 4 is 40.5 Å². The van der Waals surface area contributed by atoms with Crippen LogP contribution in [0.2, 0.25) is 0 Å².